The maximum Gasteiger partial charge on any atom is 0.243 e. The van der Waals surface area contributed by atoms with Crippen LogP contribution in [0, 0.1) is 5.82 Å². The minimum absolute atomic E-state index is 0.0491. The zero-order valence-corrected chi connectivity index (χ0v) is 11.1. The summed E-state index contributed by atoms with van der Waals surface area (Å²) in [6.45, 7) is 1.97. The Morgan fingerprint density at radius 3 is 2.71 bits per heavy atom. The van der Waals surface area contributed by atoms with Crippen molar-refractivity contribution in [1.29, 1.82) is 0 Å². The molecule has 1 aromatic rings. The molecule has 0 aliphatic heterocycles. The van der Waals surface area contributed by atoms with Crippen molar-refractivity contribution in [2.45, 2.75) is 17.9 Å². The Bertz CT molecular complexity index is 493. The summed E-state index contributed by atoms with van der Waals surface area (Å²) in [7, 11) is -2.16. The summed E-state index contributed by atoms with van der Waals surface area (Å²) in [5.41, 5.74) is 0. The molecule has 17 heavy (non-hydrogen) atoms. The van der Waals surface area contributed by atoms with Crippen molar-refractivity contribution in [3.8, 4) is 0 Å². The molecular formula is C10H14ClFN2O2S. The number of benzene rings is 1. The van der Waals surface area contributed by atoms with Crippen LogP contribution in [-0.4, -0.2) is 28.1 Å². The average molecular weight is 281 g/mol. The highest BCUT2D eigenvalue weighted by molar-refractivity contribution is 7.89. The van der Waals surface area contributed by atoms with E-state index in [2.05, 4.69) is 10.0 Å². The molecule has 1 aromatic carbocycles. The molecule has 0 bridgehead atoms. The molecule has 1 unspecified atom stereocenters. The van der Waals surface area contributed by atoms with E-state index in [0.29, 0.717) is 0 Å². The fourth-order valence-electron chi connectivity index (χ4n) is 1.11. The van der Waals surface area contributed by atoms with E-state index in [-0.39, 0.29) is 17.6 Å². The molecule has 0 aromatic heterocycles. The Morgan fingerprint density at radius 1 is 1.47 bits per heavy atom. The van der Waals surface area contributed by atoms with E-state index in [1.165, 1.54) is 18.2 Å². The SMILES string of the molecule is CNC(C)CNS(=O)(=O)c1cccc(Cl)c1F. The first-order valence-corrected chi connectivity index (χ1v) is 6.85. The van der Waals surface area contributed by atoms with E-state index in [1.54, 1.807) is 14.0 Å². The predicted molar refractivity (Wildman–Crippen MR) is 65.1 cm³/mol. The van der Waals surface area contributed by atoms with E-state index in [1.807, 2.05) is 0 Å². The first-order valence-electron chi connectivity index (χ1n) is 4.99. The molecule has 0 aliphatic rings. The van der Waals surface area contributed by atoms with Crippen molar-refractivity contribution in [3.63, 3.8) is 0 Å². The van der Waals surface area contributed by atoms with Gasteiger partial charge in [0.2, 0.25) is 10.0 Å². The van der Waals surface area contributed by atoms with Crippen LogP contribution < -0.4 is 10.0 Å². The molecule has 2 N–H and O–H groups in total. The zero-order chi connectivity index (χ0) is 13.1. The quantitative estimate of drug-likeness (QED) is 0.856. The zero-order valence-electron chi connectivity index (χ0n) is 9.50. The highest BCUT2D eigenvalue weighted by Gasteiger charge is 2.20. The number of sulfonamides is 1. The second-order valence-corrected chi connectivity index (χ2v) is 5.74. The third-order valence-corrected chi connectivity index (χ3v) is 4.01. The minimum Gasteiger partial charge on any atom is -0.316 e. The van der Waals surface area contributed by atoms with Crippen molar-refractivity contribution >= 4 is 21.6 Å². The van der Waals surface area contributed by atoms with Gasteiger partial charge in [0.05, 0.1) is 5.02 Å². The summed E-state index contributed by atoms with van der Waals surface area (Å²) in [5.74, 6) is -0.932. The van der Waals surface area contributed by atoms with E-state index in [4.69, 9.17) is 11.6 Å². The minimum atomic E-state index is -3.87. The van der Waals surface area contributed by atoms with Gasteiger partial charge in [-0.15, -0.1) is 0 Å². The Labute approximate surface area is 105 Å². The molecule has 0 spiro atoms. The van der Waals surface area contributed by atoms with E-state index in [0.717, 1.165) is 0 Å². The van der Waals surface area contributed by atoms with Crippen molar-refractivity contribution < 1.29 is 12.8 Å². The lowest BCUT2D eigenvalue weighted by atomic mass is 10.3. The molecular weight excluding hydrogens is 267 g/mol. The summed E-state index contributed by atoms with van der Waals surface area (Å²) in [6.07, 6.45) is 0. The van der Waals surface area contributed by atoms with Crippen LogP contribution in [0.1, 0.15) is 6.92 Å². The predicted octanol–water partition coefficient (Wildman–Crippen LogP) is 1.37. The summed E-state index contributed by atoms with van der Waals surface area (Å²) in [6, 6.07) is 3.81. The van der Waals surface area contributed by atoms with Crippen LogP contribution in [0.25, 0.3) is 0 Å². The Hall–Kier alpha value is -0.690. The van der Waals surface area contributed by atoms with Crippen molar-refractivity contribution in [1.82, 2.24) is 10.0 Å². The van der Waals surface area contributed by atoms with Crippen LogP contribution in [0.2, 0.25) is 5.02 Å². The van der Waals surface area contributed by atoms with Crippen LogP contribution >= 0.6 is 11.6 Å². The average Bonchev–Trinajstić information content (AvgIpc) is 2.29. The van der Waals surface area contributed by atoms with E-state index < -0.39 is 20.7 Å². The van der Waals surface area contributed by atoms with Gasteiger partial charge in [-0.1, -0.05) is 17.7 Å². The summed E-state index contributed by atoms with van der Waals surface area (Å²) >= 11 is 5.53. The van der Waals surface area contributed by atoms with Gasteiger partial charge in [0.15, 0.2) is 5.82 Å². The molecule has 4 nitrogen and oxygen atoms in total. The van der Waals surface area contributed by atoms with Crippen LogP contribution in [0.3, 0.4) is 0 Å². The maximum absolute atomic E-state index is 13.5. The van der Waals surface area contributed by atoms with Gasteiger partial charge in [-0.25, -0.2) is 17.5 Å². The largest absolute Gasteiger partial charge is 0.316 e. The number of likely N-dealkylation sites (N-methyl/N-ethyl adjacent to an activating group) is 1. The second-order valence-electron chi connectivity index (χ2n) is 3.59. The number of rotatable bonds is 5. The third-order valence-electron chi connectivity index (χ3n) is 2.28. The number of hydrogen-bond donors (Lipinski definition) is 2. The lowest BCUT2D eigenvalue weighted by Gasteiger charge is -2.12. The summed E-state index contributed by atoms with van der Waals surface area (Å²) in [5, 5.41) is 2.65. The lowest BCUT2D eigenvalue weighted by molar-refractivity contribution is 0.540. The highest BCUT2D eigenvalue weighted by Crippen LogP contribution is 2.21. The van der Waals surface area contributed by atoms with Gasteiger partial charge in [-0.3, -0.25) is 0 Å². The fraction of sp³-hybridized carbons (Fsp3) is 0.400. The van der Waals surface area contributed by atoms with Gasteiger partial charge in [0.1, 0.15) is 4.90 Å². The fourth-order valence-corrected chi connectivity index (χ4v) is 2.57. The van der Waals surface area contributed by atoms with Gasteiger partial charge in [-0.2, -0.15) is 0 Å². The molecule has 0 fully saturated rings. The van der Waals surface area contributed by atoms with Gasteiger partial charge >= 0.3 is 0 Å². The molecule has 96 valence electrons. The van der Waals surface area contributed by atoms with Crippen molar-refractivity contribution in [2.75, 3.05) is 13.6 Å². The summed E-state index contributed by atoms with van der Waals surface area (Å²) in [4.78, 5) is -0.437. The second kappa shape index (κ2) is 5.77. The monoisotopic (exact) mass is 280 g/mol. The molecule has 0 saturated heterocycles. The molecule has 1 atom stereocenters. The van der Waals surface area contributed by atoms with Crippen LogP contribution in [0.15, 0.2) is 23.1 Å². The summed E-state index contributed by atoms with van der Waals surface area (Å²) < 4.78 is 39.4. The maximum atomic E-state index is 13.5. The first kappa shape index (κ1) is 14.4. The molecule has 1 rings (SSSR count). The van der Waals surface area contributed by atoms with E-state index in [9.17, 15) is 12.8 Å². The van der Waals surface area contributed by atoms with E-state index >= 15 is 0 Å². The van der Waals surface area contributed by atoms with Crippen molar-refractivity contribution in [3.05, 3.63) is 29.0 Å². The highest BCUT2D eigenvalue weighted by atomic mass is 35.5. The first-order chi connectivity index (χ1) is 7.88. The lowest BCUT2D eigenvalue weighted by Crippen LogP contribution is -2.37. The van der Waals surface area contributed by atoms with Gasteiger partial charge in [0.25, 0.3) is 0 Å². The third kappa shape index (κ3) is 3.64. The molecule has 0 aliphatic carbocycles. The van der Waals surface area contributed by atoms with Gasteiger partial charge < -0.3 is 5.32 Å². The topological polar surface area (TPSA) is 58.2 Å². The number of halogens is 2. The molecule has 0 amide bonds. The molecule has 0 saturated carbocycles. The Balaban J connectivity index is 2.94. The Morgan fingerprint density at radius 2 is 2.12 bits per heavy atom. The van der Waals surface area contributed by atoms with Gasteiger partial charge in [-0.05, 0) is 26.1 Å². The normalized spacial score (nSPS) is 13.6. The molecule has 0 heterocycles. The molecule has 0 radical (unpaired) electrons. The Kier molecular flexibility index (Phi) is 4.88. The van der Waals surface area contributed by atoms with Crippen LogP contribution in [0.5, 0.6) is 0 Å². The number of hydrogen-bond acceptors (Lipinski definition) is 3. The van der Waals surface area contributed by atoms with Crippen LogP contribution in [-0.2, 0) is 10.0 Å². The smallest absolute Gasteiger partial charge is 0.243 e. The van der Waals surface area contributed by atoms with Gasteiger partial charge in [0, 0.05) is 12.6 Å². The standard InChI is InChI=1S/C10H14ClFN2O2S/c1-7(13-2)6-14-17(15,16)9-5-3-4-8(11)10(9)12/h3-5,7,13-14H,6H2,1-2H3. The van der Waals surface area contributed by atoms with Crippen molar-refractivity contribution in [2.24, 2.45) is 0 Å². The van der Waals surface area contributed by atoms with Crippen LogP contribution in [0.4, 0.5) is 4.39 Å². The molecule has 7 heteroatoms. The number of nitrogens with one attached hydrogen (secondary N) is 2.